The van der Waals surface area contributed by atoms with E-state index in [4.69, 9.17) is 16.3 Å². The molecular weight excluding hydrogens is 405 g/mol. The summed E-state index contributed by atoms with van der Waals surface area (Å²) in [4.78, 5) is 15.7. The summed E-state index contributed by atoms with van der Waals surface area (Å²) >= 11 is 5.84. The lowest BCUT2D eigenvalue weighted by molar-refractivity contribution is -0.141. The average molecular weight is 427 g/mol. The van der Waals surface area contributed by atoms with Gasteiger partial charge in [-0.2, -0.15) is 13.2 Å². The molecule has 1 aromatic carbocycles. The van der Waals surface area contributed by atoms with Crippen molar-refractivity contribution in [1.82, 2.24) is 10.3 Å². The van der Waals surface area contributed by atoms with Crippen LogP contribution in [0.1, 0.15) is 48.7 Å². The third-order valence-electron chi connectivity index (χ3n) is 5.22. The normalized spacial score (nSPS) is 20.7. The molecule has 1 saturated carbocycles. The van der Waals surface area contributed by atoms with E-state index in [1.807, 2.05) is 6.92 Å². The van der Waals surface area contributed by atoms with E-state index in [-0.39, 0.29) is 29.7 Å². The molecule has 0 saturated heterocycles. The van der Waals surface area contributed by atoms with Crippen molar-refractivity contribution < 1.29 is 22.7 Å². The third kappa shape index (κ3) is 5.85. The monoisotopic (exact) mass is 426 g/mol. The molecule has 1 amide bonds. The maximum absolute atomic E-state index is 12.8. The van der Waals surface area contributed by atoms with Gasteiger partial charge in [-0.25, -0.2) is 0 Å². The molecule has 1 fully saturated rings. The number of hydrogen-bond acceptors (Lipinski definition) is 3. The number of ether oxygens (including phenoxy) is 1. The van der Waals surface area contributed by atoms with Crippen LogP contribution in [0.15, 0.2) is 42.6 Å². The van der Waals surface area contributed by atoms with Crippen LogP contribution in [0.4, 0.5) is 13.2 Å². The average Bonchev–Trinajstić information content (AvgIpc) is 2.68. The Labute approximate surface area is 172 Å². The lowest BCUT2D eigenvalue weighted by Crippen LogP contribution is -2.40. The first kappa shape index (κ1) is 21.4. The van der Waals surface area contributed by atoms with E-state index in [1.54, 1.807) is 24.3 Å². The van der Waals surface area contributed by atoms with E-state index in [9.17, 15) is 18.0 Å². The second-order valence-electron chi connectivity index (χ2n) is 7.30. The second kappa shape index (κ2) is 9.03. The summed E-state index contributed by atoms with van der Waals surface area (Å²) in [6.45, 7) is 1.97. The fraction of sp³-hybridized carbons (Fsp3) is 0.429. The van der Waals surface area contributed by atoms with Crippen LogP contribution in [0.2, 0.25) is 5.02 Å². The Kier molecular flexibility index (Phi) is 6.67. The van der Waals surface area contributed by atoms with Crippen LogP contribution in [0, 0.1) is 5.92 Å². The molecular formula is C21H22ClF3N2O2. The van der Waals surface area contributed by atoms with Gasteiger partial charge in [-0.3, -0.25) is 9.78 Å². The van der Waals surface area contributed by atoms with Gasteiger partial charge in [-0.15, -0.1) is 0 Å². The van der Waals surface area contributed by atoms with Crippen LogP contribution < -0.4 is 10.1 Å². The molecule has 29 heavy (non-hydrogen) atoms. The molecule has 156 valence electrons. The Hall–Kier alpha value is -2.28. The van der Waals surface area contributed by atoms with Gasteiger partial charge in [0.15, 0.2) is 0 Å². The van der Waals surface area contributed by atoms with E-state index >= 15 is 0 Å². The largest absolute Gasteiger partial charge is 0.490 e. The number of amides is 1. The fourth-order valence-corrected chi connectivity index (χ4v) is 3.67. The van der Waals surface area contributed by atoms with Gasteiger partial charge in [-0.1, -0.05) is 11.6 Å². The van der Waals surface area contributed by atoms with Crippen LogP contribution in [0.3, 0.4) is 0 Å². The maximum atomic E-state index is 12.8. The minimum Gasteiger partial charge on any atom is -0.490 e. The number of nitrogens with zero attached hydrogens (tertiary/aromatic N) is 1. The number of hydrogen-bond donors (Lipinski definition) is 1. The maximum Gasteiger partial charge on any atom is 0.433 e. The molecule has 0 bridgehead atoms. The van der Waals surface area contributed by atoms with Crippen LogP contribution >= 0.6 is 11.6 Å². The molecule has 2 aromatic rings. The molecule has 0 radical (unpaired) electrons. The third-order valence-corrected chi connectivity index (χ3v) is 5.47. The molecule has 1 N–H and O–H groups in total. The fourth-order valence-electron chi connectivity index (χ4n) is 3.55. The standard InChI is InChI=1S/C21H22ClF3N2O2/c1-13(27-20(28)15-2-6-16(22)7-3-15)14-4-8-17(9-5-14)29-18-10-11-26-19(12-18)21(23,24)25/h2-3,6-7,10-14,17H,4-5,8-9H2,1H3,(H,27,28). The summed E-state index contributed by atoms with van der Waals surface area (Å²) in [5, 5.41) is 3.59. The SMILES string of the molecule is CC(NC(=O)c1ccc(Cl)cc1)C1CCC(Oc2ccnc(C(F)(F)F)c2)CC1. The van der Waals surface area contributed by atoms with E-state index < -0.39 is 11.9 Å². The number of alkyl halides is 3. The minimum absolute atomic E-state index is 0.0168. The summed E-state index contributed by atoms with van der Waals surface area (Å²) in [6, 6.07) is 9.06. The van der Waals surface area contributed by atoms with E-state index in [0.717, 1.165) is 37.9 Å². The molecule has 1 unspecified atom stereocenters. The Morgan fingerprint density at radius 1 is 1.17 bits per heavy atom. The first-order valence-corrected chi connectivity index (χ1v) is 9.86. The van der Waals surface area contributed by atoms with Crippen LogP contribution in [0.25, 0.3) is 0 Å². The molecule has 1 aliphatic carbocycles. The van der Waals surface area contributed by atoms with Gasteiger partial charge in [0, 0.05) is 28.9 Å². The Balaban J connectivity index is 1.50. The van der Waals surface area contributed by atoms with Gasteiger partial charge >= 0.3 is 6.18 Å². The number of carbonyl (C=O) groups is 1. The summed E-state index contributed by atoms with van der Waals surface area (Å²) in [7, 11) is 0. The number of nitrogens with one attached hydrogen (secondary N) is 1. The van der Waals surface area contributed by atoms with E-state index in [0.29, 0.717) is 10.6 Å². The molecule has 4 nitrogen and oxygen atoms in total. The molecule has 3 rings (SSSR count). The van der Waals surface area contributed by atoms with Crippen molar-refractivity contribution in [1.29, 1.82) is 0 Å². The molecule has 1 aromatic heterocycles. The predicted octanol–water partition coefficient (Wildman–Crippen LogP) is 5.51. The highest BCUT2D eigenvalue weighted by atomic mass is 35.5. The van der Waals surface area contributed by atoms with Crippen LogP contribution in [-0.2, 0) is 6.18 Å². The number of pyridine rings is 1. The number of aromatic nitrogens is 1. The molecule has 0 aliphatic heterocycles. The van der Waals surface area contributed by atoms with Crippen molar-refractivity contribution in [3.8, 4) is 5.75 Å². The zero-order chi connectivity index (χ0) is 21.0. The first-order valence-electron chi connectivity index (χ1n) is 9.48. The summed E-state index contributed by atoms with van der Waals surface area (Å²) < 4.78 is 44.1. The predicted molar refractivity (Wildman–Crippen MR) is 104 cm³/mol. The number of rotatable bonds is 5. The lowest BCUT2D eigenvalue weighted by Gasteiger charge is -2.32. The first-order chi connectivity index (χ1) is 13.7. The van der Waals surface area contributed by atoms with Crippen molar-refractivity contribution in [2.45, 2.75) is 50.9 Å². The van der Waals surface area contributed by atoms with E-state index in [2.05, 4.69) is 10.3 Å². The smallest absolute Gasteiger partial charge is 0.433 e. The van der Waals surface area contributed by atoms with Gasteiger partial charge in [0.1, 0.15) is 11.4 Å². The molecule has 0 spiro atoms. The molecule has 1 aliphatic rings. The molecule has 1 atom stereocenters. The number of halogens is 4. The minimum atomic E-state index is -4.49. The quantitative estimate of drug-likeness (QED) is 0.685. The van der Waals surface area contributed by atoms with Gasteiger partial charge in [0.2, 0.25) is 0 Å². The zero-order valence-electron chi connectivity index (χ0n) is 15.9. The number of benzene rings is 1. The van der Waals surface area contributed by atoms with Gasteiger partial charge in [-0.05, 0) is 68.9 Å². The highest BCUT2D eigenvalue weighted by molar-refractivity contribution is 6.30. The van der Waals surface area contributed by atoms with Gasteiger partial charge < -0.3 is 10.1 Å². The van der Waals surface area contributed by atoms with Crippen molar-refractivity contribution in [3.63, 3.8) is 0 Å². The van der Waals surface area contributed by atoms with E-state index in [1.165, 1.54) is 6.07 Å². The summed E-state index contributed by atoms with van der Waals surface area (Å²) in [5.74, 6) is 0.318. The molecule has 1 heterocycles. The van der Waals surface area contributed by atoms with Crippen LogP contribution in [0.5, 0.6) is 5.75 Å². The van der Waals surface area contributed by atoms with Crippen molar-refractivity contribution in [3.05, 3.63) is 58.9 Å². The second-order valence-corrected chi connectivity index (χ2v) is 7.73. The Morgan fingerprint density at radius 3 is 2.45 bits per heavy atom. The van der Waals surface area contributed by atoms with Crippen molar-refractivity contribution in [2.24, 2.45) is 5.92 Å². The lowest BCUT2D eigenvalue weighted by atomic mass is 9.83. The highest BCUT2D eigenvalue weighted by Crippen LogP contribution is 2.32. The summed E-state index contributed by atoms with van der Waals surface area (Å²) in [5.41, 5.74) is -0.404. The number of carbonyl (C=O) groups excluding carboxylic acids is 1. The topological polar surface area (TPSA) is 51.2 Å². The van der Waals surface area contributed by atoms with Gasteiger partial charge in [0.25, 0.3) is 5.91 Å². The highest BCUT2D eigenvalue weighted by Gasteiger charge is 2.33. The summed E-state index contributed by atoms with van der Waals surface area (Å²) in [6.07, 6.45) is -0.444. The van der Waals surface area contributed by atoms with Crippen LogP contribution in [-0.4, -0.2) is 23.0 Å². The van der Waals surface area contributed by atoms with Crippen molar-refractivity contribution in [2.75, 3.05) is 0 Å². The zero-order valence-corrected chi connectivity index (χ0v) is 16.6. The van der Waals surface area contributed by atoms with Crippen molar-refractivity contribution >= 4 is 17.5 Å². The Morgan fingerprint density at radius 2 is 1.83 bits per heavy atom. The Bertz CT molecular complexity index is 835. The van der Waals surface area contributed by atoms with Gasteiger partial charge in [0.05, 0.1) is 6.10 Å². The molecule has 8 heteroatoms.